The lowest BCUT2D eigenvalue weighted by Gasteiger charge is -2.57. The van der Waals surface area contributed by atoms with Gasteiger partial charge in [-0.1, -0.05) is 19.3 Å². The molecule has 220 valence electrons. The molecule has 4 aliphatic carbocycles. The number of carbonyl (C=O) groups is 2. The third-order valence-electron chi connectivity index (χ3n) is 9.90. The molecule has 0 unspecified atom stereocenters. The highest BCUT2D eigenvalue weighted by molar-refractivity contribution is 6.14. The number of phenols is 1. The molecule has 0 saturated heterocycles. The molecule has 0 aromatic heterocycles. The van der Waals surface area contributed by atoms with Crippen molar-refractivity contribution in [2.75, 3.05) is 27.7 Å². The van der Waals surface area contributed by atoms with Gasteiger partial charge in [-0.2, -0.15) is 0 Å². The second-order valence-electron chi connectivity index (χ2n) is 12.7. The lowest BCUT2D eigenvalue weighted by molar-refractivity contribution is -0.118. The molecular formula is C31H38FN3O6. The molecule has 1 heterocycles. The number of phenolic OH excluding ortho intramolecular Hbond substituents is 1. The molecule has 9 nitrogen and oxygen atoms in total. The maximum atomic E-state index is 16.1. The summed E-state index contributed by atoms with van der Waals surface area (Å²) < 4.78 is 21.9. The molecule has 1 amide bonds. The van der Waals surface area contributed by atoms with Gasteiger partial charge in [-0.3, -0.25) is 14.5 Å². The number of aliphatic hydroxyl groups is 2. The summed E-state index contributed by atoms with van der Waals surface area (Å²) in [5.74, 6) is -3.53. The summed E-state index contributed by atoms with van der Waals surface area (Å²) in [6.45, 7) is 1.15. The van der Waals surface area contributed by atoms with Crippen LogP contribution in [0, 0.1) is 23.6 Å². The minimum atomic E-state index is -1.54. The van der Waals surface area contributed by atoms with Crippen LogP contribution in [0.3, 0.4) is 0 Å². The van der Waals surface area contributed by atoms with Crippen LogP contribution in [0.15, 0.2) is 40.6 Å². The van der Waals surface area contributed by atoms with Crippen LogP contribution in [0.25, 0.3) is 0 Å². The summed E-state index contributed by atoms with van der Waals surface area (Å²) in [6.07, 6.45) is 7.66. The Morgan fingerprint density at radius 2 is 1.88 bits per heavy atom. The Labute approximate surface area is 238 Å². The van der Waals surface area contributed by atoms with Crippen LogP contribution in [0.2, 0.25) is 0 Å². The van der Waals surface area contributed by atoms with Gasteiger partial charge in [-0.15, -0.1) is 0 Å². The molecule has 1 saturated carbocycles. The predicted octanol–water partition coefficient (Wildman–Crippen LogP) is 3.62. The average Bonchev–Trinajstić information content (AvgIpc) is 2.88. The number of nitrogens with two attached hydrogens (primary N) is 1. The van der Waals surface area contributed by atoms with Crippen molar-refractivity contribution in [2.24, 2.45) is 23.5 Å². The number of allylic oxidation sites excluding steroid dienone is 1. The molecule has 10 heteroatoms. The third kappa shape index (κ3) is 4.01. The number of nitrogens with zero attached hydrogens (tertiary/aromatic N) is 2. The van der Waals surface area contributed by atoms with Gasteiger partial charge in [0.1, 0.15) is 23.1 Å². The number of carbonyl (C=O) groups excluding carboxylic acids is 2. The van der Waals surface area contributed by atoms with Crippen molar-refractivity contribution >= 4 is 11.7 Å². The lowest BCUT2D eigenvalue weighted by atomic mass is 9.56. The molecule has 1 aromatic carbocycles. The fourth-order valence-electron chi connectivity index (χ4n) is 8.15. The molecule has 4 atom stereocenters. The number of amides is 1. The first-order chi connectivity index (χ1) is 19.5. The van der Waals surface area contributed by atoms with E-state index in [0.29, 0.717) is 18.0 Å². The van der Waals surface area contributed by atoms with Gasteiger partial charge < -0.3 is 30.7 Å². The number of rotatable bonds is 6. The van der Waals surface area contributed by atoms with Gasteiger partial charge in [0.05, 0.1) is 29.0 Å². The molecular weight excluding hydrogens is 529 g/mol. The summed E-state index contributed by atoms with van der Waals surface area (Å²) >= 11 is 0. The molecule has 1 aromatic rings. The number of hydrogen-bond donors (Lipinski definition) is 4. The van der Waals surface area contributed by atoms with Gasteiger partial charge >= 0.3 is 0 Å². The third-order valence-corrected chi connectivity index (χ3v) is 9.90. The van der Waals surface area contributed by atoms with Crippen molar-refractivity contribution in [1.29, 1.82) is 0 Å². The Bertz CT molecular complexity index is 1430. The van der Waals surface area contributed by atoms with Crippen LogP contribution in [-0.2, 0) is 22.5 Å². The number of hydrogen-bond acceptors (Lipinski definition) is 8. The fourth-order valence-corrected chi connectivity index (χ4v) is 8.15. The van der Waals surface area contributed by atoms with Crippen molar-refractivity contribution < 1.29 is 34.0 Å². The zero-order valence-corrected chi connectivity index (χ0v) is 23.7. The number of ether oxygens (including phenoxy) is 1. The molecule has 41 heavy (non-hydrogen) atoms. The monoisotopic (exact) mass is 567 g/mol. The van der Waals surface area contributed by atoms with E-state index < -0.39 is 41.0 Å². The SMILES string of the molecule is CN(Cc1cc(O)c2c(c1F)C[C@H]1C[C@H]3[C@H](N(C)C)C(O)=C(C(N)=O)C4=CO[C@@]43C(O)=C1C2=O)CC1CCCCC1. The maximum Gasteiger partial charge on any atom is 0.252 e. The van der Waals surface area contributed by atoms with Crippen LogP contribution in [0.5, 0.6) is 5.75 Å². The number of Topliss-reactive ketones (excluding diaryl/α,β-unsaturated/α-hetero) is 1. The maximum absolute atomic E-state index is 16.1. The number of benzene rings is 1. The second kappa shape index (κ2) is 9.87. The highest BCUT2D eigenvalue weighted by Gasteiger charge is 2.66. The predicted molar refractivity (Wildman–Crippen MR) is 148 cm³/mol. The number of ketones is 1. The quantitative estimate of drug-likeness (QED) is 0.409. The zero-order valence-electron chi connectivity index (χ0n) is 23.7. The van der Waals surface area contributed by atoms with Gasteiger partial charge in [0, 0.05) is 35.7 Å². The molecule has 5 N–H and O–H groups in total. The van der Waals surface area contributed by atoms with Crippen LogP contribution in [0.1, 0.15) is 60.0 Å². The number of aliphatic hydroxyl groups excluding tert-OH is 2. The van der Waals surface area contributed by atoms with Crippen molar-refractivity contribution in [1.82, 2.24) is 9.80 Å². The van der Waals surface area contributed by atoms with Crippen LogP contribution < -0.4 is 5.73 Å². The van der Waals surface area contributed by atoms with E-state index in [-0.39, 0.29) is 58.0 Å². The summed E-state index contributed by atoms with van der Waals surface area (Å²) in [4.78, 5) is 30.0. The largest absolute Gasteiger partial charge is 0.510 e. The molecule has 1 spiro atoms. The van der Waals surface area contributed by atoms with E-state index in [9.17, 15) is 24.9 Å². The summed E-state index contributed by atoms with van der Waals surface area (Å²) in [5, 5.41) is 33.8. The number of fused-ring (bicyclic) bond motifs is 2. The van der Waals surface area contributed by atoms with Crippen molar-refractivity contribution in [2.45, 2.75) is 63.1 Å². The minimum Gasteiger partial charge on any atom is -0.510 e. The average molecular weight is 568 g/mol. The summed E-state index contributed by atoms with van der Waals surface area (Å²) in [6, 6.07) is 0.582. The van der Waals surface area contributed by atoms with Crippen LogP contribution in [-0.4, -0.2) is 76.1 Å². The van der Waals surface area contributed by atoms with Crippen molar-refractivity contribution in [3.05, 3.63) is 63.1 Å². The van der Waals surface area contributed by atoms with E-state index >= 15 is 4.39 Å². The number of aromatic hydroxyl groups is 1. The Morgan fingerprint density at radius 3 is 2.49 bits per heavy atom. The lowest BCUT2D eigenvalue weighted by Crippen LogP contribution is -2.63. The Kier molecular flexibility index (Phi) is 6.69. The first kappa shape index (κ1) is 27.8. The highest BCUT2D eigenvalue weighted by Crippen LogP contribution is 2.60. The molecule has 0 bridgehead atoms. The van der Waals surface area contributed by atoms with Gasteiger partial charge in [0.15, 0.2) is 11.4 Å². The van der Waals surface area contributed by atoms with Gasteiger partial charge in [-0.05, 0) is 64.7 Å². The van der Waals surface area contributed by atoms with E-state index in [4.69, 9.17) is 10.5 Å². The number of halogens is 1. The Balaban J connectivity index is 1.38. The summed E-state index contributed by atoms with van der Waals surface area (Å²) in [5.41, 5.74) is 4.53. The summed E-state index contributed by atoms with van der Waals surface area (Å²) in [7, 11) is 5.40. The molecule has 5 aliphatic rings. The van der Waals surface area contributed by atoms with Gasteiger partial charge in [-0.25, -0.2) is 4.39 Å². The highest BCUT2D eigenvalue weighted by atomic mass is 19.1. The van der Waals surface area contributed by atoms with Crippen molar-refractivity contribution in [3.63, 3.8) is 0 Å². The Morgan fingerprint density at radius 1 is 1.17 bits per heavy atom. The first-order valence-corrected chi connectivity index (χ1v) is 14.5. The molecule has 0 radical (unpaired) electrons. The van der Waals surface area contributed by atoms with Crippen LogP contribution in [0.4, 0.5) is 4.39 Å². The van der Waals surface area contributed by atoms with Gasteiger partial charge in [0.25, 0.3) is 5.91 Å². The normalized spacial score (nSPS) is 29.4. The molecule has 6 rings (SSSR count). The van der Waals surface area contributed by atoms with E-state index in [0.717, 1.165) is 6.54 Å². The topological polar surface area (TPSA) is 137 Å². The van der Waals surface area contributed by atoms with E-state index in [1.54, 1.807) is 19.0 Å². The van der Waals surface area contributed by atoms with Gasteiger partial charge in [0.2, 0.25) is 0 Å². The molecule has 1 aliphatic heterocycles. The van der Waals surface area contributed by atoms with E-state index in [2.05, 4.69) is 4.90 Å². The number of primary amides is 1. The smallest absolute Gasteiger partial charge is 0.252 e. The number of likely N-dealkylation sites (N-methyl/N-ethyl adjacent to an activating group) is 1. The zero-order chi connectivity index (χ0) is 29.4. The molecule has 1 fully saturated rings. The minimum absolute atomic E-state index is 0.0407. The standard InChI is InChI=1S/C31H38FN3O6/c1-34(2)26-19-10-16-9-18-23(21(36)11-17(25(18)32)13-35(3)12-15-7-5-4-6-8-15)27(37)22(16)29(39)31(19)20(14-41-31)24(28(26)38)30(33)40/h11,14-16,19,26,36,38-39H,4-10,12-13H2,1-3H3,(H2,33,40)/t16-,19-,26-,31+/m0/s1. The fraction of sp³-hybridized carbons (Fsp3) is 0.548. The van der Waals surface area contributed by atoms with Crippen LogP contribution >= 0.6 is 0 Å². The van der Waals surface area contributed by atoms with E-state index in [1.807, 2.05) is 7.05 Å². The Hall–Kier alpha value is -3.37. The first-order valence-electron chi connectivity index (χ1n) is 14.5. The second-order valence-corrected chi connectivity index (χ2v) is 12.7. The van der Waals surface area contributed by atoms with E-state index in [1.165, 1.54) is 44.4 Å². The van der Waals surface area contributed by atoms with Crippen molar-refractivity contribution in [3.8, 4) is 5.75 Å².